The van der Waals surface area contributed by atoms with Crippen LogP contribution in [-0.4, -0.2) is 28.4 Å². The molecule has 0 aliphatic heterocycles. The van der Waals surface area contributed by atoms with Crippen LogP contribution in [0.25, 0.3) is 10.2 Å². The third-order valence-corrected chi connectivity index (χ3v) is 4.32. The van der Waals surface area contributed by atoms with Crippen LogP contribution >= 0.6 is 11.3 Å². The maximum Gasteiger partial charge on any atom is 0.573 e. The fourth-order valence-electron chi connectivity index (χ4n) is 2.29. The molecule has 1 amide bonds. The highest BCUT2D eigenvalue weighted by Gasteiger charge is 2.32. The average Bonchev–Trinajstić information content (AvgIpc) is 3.05. The Labute approximate surface area is 148 Å². The van der Waals surface area contributed by atoms with E-state index in [1.807, 2.05) is 0 Å². The number of halogens is 3. The van der Waals surface area contributed by atoms with Crippen LogP contribution in [0.3, 0.4) is 0 Å². The predicted molar refractivity (Wildman–Crippen MR) is 89.3 cm³/mol. The minimum Gasteiger partial charge on any atom is -0.405 e. The van der Waals surface area contributed by atoms with E-state index in [0.29, 0.717) is 10.2 Å². The van der Waals surface area contributed by atoms with E-state index in [1.54, 1.807) is 11.4 Å². The number of benzene rings is 1. The lowest BCUT2D eigenvalue weighted by atomic mass is 10.2. The van der Waals surface area contributed by atoms with E-state index in [0.717, 1.165) is 6.07 Å². The molecule has 2 aromatic heterocycles. The zero-order chi connectivity index (χ0) is 18.7. The Balaban J connectivity index is 1.67. The molecule has 1 N–H and O–H groups in total. The van der Waals surface area contributed by atoms with Gasteiger partial charge in [-0.05, 0) is 23.6 Å². The SMILES string of the molecule is O=C(NCCn1cnc2ccsc2c1=O)c1ccccc1OC(F)(F)F. The van der Waals surface area contributed by atoms with Crippen molar-refractivity contribution in [2.24, 2.45) is 0 Å². The van der Waals surface area contributed by atoms with Crippen LogP contribution in [0.1, 0.15) is 10.4 Å². The molecule has 0 spiro atoms. The molecule has 0 aliphatic rings. The fraction of sp³-hybridized carbons (Fsp3) is 0.188. The lowest BCUT2D eigenvalue weighted by Crippen LogP contribution is -2.31. The number of hydrogen-bond acceptors (Lipinski definition) is 5. The van der Waals surface area contributed by atoms with E-state index in [9.17, 15) is 22.8 Å². The minimum absolute atomic E-state index is 0.0393. The van der Waals surface area contributed by atoms with Gasteiger partial charge in [-0.3, -0.25) is 14.2 Å². The molecule has 26 heavy (non-hydrogen) atoms. The van der Waals surface area contributed by atoms with Gasteiger partial charge in [0, 0.05) is 13.1 Å². The number of nitrogens with zero attached hydrogens (tertiary/aromatic N) is 2. The second-order valence-electron chi connectivity index (χ2n) is 5.18. The zero-order valence-electron chi connectivity index (χ0n) is 13.1. The molecule has 0 saturated carbocycles. The predicted octanol–water partition coefficient (Wildman–Crippen LogP) is 2.79. The Kier molecular flexibility index (Phi) is 4.94. The number of para-hydroxylation sites is 1. The molecular formula is C16H12F3N3O3S. The van der Waals surface area contributed by atoms with Crippen molar-refractivity contribution < 1.29 is 22.7 Å². The van der Waals surface area contributed by atoms with Crippen molar-refractivity contribution in [3.05, 3.63) is 58.0 Å². The third kappa shape index (κ3) is 4.02. The first-order valence-corrected chi connectivity index (χ1v) is 8.29. The van der Waals surface area contributed by atoms with Crippen molar-refractivity contribution in [1.29, 1.82) is 0 Å². The van der Waals surface area contributed by atoms with Crippen molar-refractivity contribution >= 4 is 27.5 Å². The normalized spacial score (nSPS) is 11.5. The molecule has 0 saturated heterocycles. The molecule has 0 bridgehead atoms. The molecule has 0 radical (unpaired) electrons. The first kappa shape index (κ1) is 17.9. The van der Waals surface area contributed by atoms with Gasteiger partial charge >= 0.3 is 6.36 Å². The number of nitrogens with one attached hydrogen (secondary N) is 1. The highest BCUT2D eigenvalue weighted by atomic mass is 32.1. The van der Waals surface area contributed by atoms with Gasteiger partial charge in [-0.1, -0.05) is 12.1 Å². The Bertz CT molecular complexity index is 997. The molecule has 0 atom stereocenters. The second-order valence-corrected chi connectivity index (χ2v) is 6.09. The second kappa shape index (κ2) is 7.16. The molecule has 1 aromatic carbocycles. The first-order chi connectivity index (χ1) is 12.3. The van der Waals surface area contributed by atoms with Gasteiger partial charge in [0.05, 0.1) is 17.4 Å². The van der Waals surface area contributed by atoms with E-state index in [1.165, 1.54) is 40.4 Å². The van der Waals surface area contributed by atoms with Crippen LogP contribution in [0.4, 0.5) is 13.2 Å². The Morgan fingerprint density at radius 1 is 1.27 bits per heavy atom. The fourth-order valence-corrected chi connectivity index (χ4v) is 3.08. The highest BCUT2D eigenvalue weighted by Crippen LogP contribution is 2.26. The van der Waals surface area contributed by atoms with E-state index in [4.69, 9.17) is 0 Å². The summed E-state index contributed by atoms with van der Waals surface area (Å²) in [5, 5.41) is 4.23. The van der Waals surface area contributed by atoms with Gasteiger partial charge in [-0.2, -0.15) is 0 Å². The lowest BCUT2D eigenvalue weighted by molar-refractivity contribution is -0.274. The monoisotopic (exact) mass is 383 g/mol. The molecule has 136 valence electrons. The first-order valence-electron chi connectivity index (χ1n) is 7.41. The van der Waals surface area contributed by atoms with Crippen LogP contribution in [0, 0.1) is 0 Å². The van der Waals surface area contributed by atoms with Crippen molar-refractivity contribution in [2.75, 3.05) is 6.54 Å². The summed E-state index contributed by atoms with van der Waals surface area (Å²) < 4.78 is 42.9. The number of fused-ring (bicyclic) bond motifs is 1. The van der Waals surface area contributed by atoms with Gasteiger partial charge in [-0.15, -0.1) is 24.5 Å². The number of aromatic nitrogens is 2. The van der Waals surface area contributed by atoms with Crippen LogP contribution in [0.2, 0.25) is 0 Å². The number of hydrogen-bond donors (Lipinski definition) is 1. The smallest absolute Gasteiger partial charge is 0.405 e. The van der Waals surface area contributed by atoms with Crippen LogP contribution in [0.5, 0.6) is 5.75 Å². The molecule has 6 nitrogen and oxygen atoms in total. The average molecular weight is 383 g/mol. The number of alkyl halides is 3. The lowest BCUT2D eigenvalue weighted by Gasteiger charge is -2.13. The van der Waals surface area contributed by atoms with E-state index in [2.05, 4.69) is 15.0 Å². The van der Waals surface area contributed by atoms with Crippen LogP contribution in [0.15, 0.2) is 46.8 Å². The zero-order valence-corrected chi connectivity index (χ0v) is 13.9. The van der Waals surface area contributed by atoms with Crippen LogP contribution < -0.4 is 15.6 Å². The maximum absolute atomic E-state index is 12.4. The Morgan fingerprint density at radius 2 is 2.04 bits per heavy atom. The highest BCUT2D eigenvalue weighted by molar-refractivity contribution is 7.17. The number of thiophene rings is 1. The molecule has 10 heteroatoms. The van der Waals surface area contributed by atoms with E-state index >= 15 is 0 Å². The van der Waals surface area contributed by atoms with Crippen molar-refractivity contribution in [3.8, 4) is 5.75 Å². The molecule has 0 aliphatic carbocycles. The summed E-state index contributed by atoms with van der Waals surface area (Å²) in [4.78, 5) is 28.5. The number of rotatable bonds is 5. The van der Waals surface area contributed by atoms with Gasteiger partial charge in [-0.25, -0.2) is 4.98 Å². The van der Waals surface area contributed by atoms with Gasteiger partial charge in [0.25, 0.3) is 11.5 Å². The van der Waals surface area contributed by atoms with Crippen molar-refractivity contribution in [1.82, 2.24) is 14.9 Å². The molecule has 2 heterocycles. The van der Waals surface area contributed by atoms with Crippen molar-refractivity contribution in [3.63, 3.8) is 0 Å². The van der Waals surface area contributed by atoms with Crippen molar-refractivity contribution in [2.45, 2.75) is 12.9 Å². The summed E-state index contributed by atoms with van der Waals surface area (Å²) >= 11 is 1.27. The quantitative estimate of drug-likeness (QED) is 0.735. The number of ether oxygens (including phenoxy) is 1. The Morgan fingerprint density at radius 3 is 2.81 bits per heavy atom. The Hall–Kier alpha value is -2.88. The molecule has 0 fully saturated rings. The molecule has 3 rings (SSSR count). The molecule has 3 aromatic rings. The van der Waals surface area contributed by atoms with Crippen LogP contribution in [-0.2, 0) is 6.54 Å². The molecular weight excluding hydrogens is 371 g/mol. The summed E-state index contributed by atoms with van der Waals surface area (Å²) in [6.07, 6.45) is -3.53. The molecule has 0 unspecified atom stereocenters. The summed E-state index contributed by atoms with van der Waals surface area (Å²) in [7, 11) is 0. The summed E-state index contributed by atoms with van der Waals surface area (Å²) in [5.74, 6) is -1.32. The van der Waals surface area contributed by atoms with Gasteiger partial charge in [0.15, 0.2) is 0 Å². The van der Waals surface area contributed by atoms with Gasteiger partial charge in [0.2, 0.25) is 0 Å². The summed E-state index contributed by atoms with van der Waals surface area (Å²) in [6.45, 7) is 0.172. The third-order valence-electron chi connectivity index (χ3n) is 3.43. The van der Waals surface area contributed by atoms with E-state index < -0.39 is 18.0 Å². The topological polar surface area (TPSA) is 73.2 Å². The number of carbonyl (C=O) groups excluding carboxylic acids is 1. The largest absolute Gasteiger partial charge is 0.573 e. The summed E-state index contributed by atoms with van der Waals surface area (Å²) in [6, 6.07) is 6.77. The standard InChI is InChI=1S/C16H12F3N3O3S/c17-16(18,19)25-12-4-2-1-3-10(12)14(23)20-6-7-22-9-21-11-5-8-26-13(11)15(22)24/h1-5,8-9H,6-7H2,(H,20,23). The number of carbonyl (C=O) groups is 1. The number of amides is 1. The summed E-state index contributed by atoms with van der Waals surface area (Å²) in [5.41, 5.74) is 0.113. The van der Waals surface area contributed by atoms with Gasteiger partial charge < -0.3 is 10.1 Å². The maximum atomic E-state index is 12.4. The minimum atomic E-state index is -4.90. The van der Waals surface area contributed by atoms with Gasteiger partial charge in [0.1, 0.15) is 10.4 Å². The van der Waals surface area contributed by atoms with E-state index in [-0.39, 0.29) is 24.2 Å².